The van der Waals surface area contributed by atoms with Gasteiger partial charge in [-0.15, -0.1) is 0 Å². The molecule has 132 valence electrons. The molecule has 0 radical (unpaired) electrons. The van der Waals surface area contributed by atoms with Gasteiger partial charge in [-0.25, -0.2) is 4.98 Å². The summed E-state index contributed by atoms with van der Waals surface area (Å²) in [5.41, 5.74) is -0.409. The summed E-state index contributed by atoms with van der Waals surface area (Å²) < 4.78 is 21.1. The van der Waals surface area contributed by atoms with E-state index in [0.717, 1.165) is 18.8 Å². The van der Waals surface area contributed by atoms with Crippen LogP contribution in [0.3, 0.4) is 0 Å². The fraction of sp³-hybridized carbons (Fsp3) is 0.625. The SMILES string of the molecule is COc1ncc(C2(O)CCN(CC3=COCCO3)CC2)c(OC)n1. The van der Waals surface area contributed by atoms with Crippen LogP contribution in [0.5, 0.6) is 11.9 Å². The van der Waals surface area contributed by atoms with E-state index < -0.39 is 5.60 Å². The number of aromatic nitrogens is 2. The van der Waals surface area contributed by atoms with Crippen molar-refractivity contribution in [3.05, 3.63) is 23.8 Å². The fourth-order valence-electron chi connectivity index (χ4n) is 2.98. The van der Waals surface area contributed by atoms with E-state index in [-0.39, 0.29) is 6.01 Å². The fourth-order valence-corrected chi connectivity index (χ4v) is 2.98. The molecular weight excluding hydrogens is 314 g/mol. The number of hydrogen-bond donors (Lipinski definition) is 1. The Morgan fingerprint density at radius 2 is 2.04 bits per heavy atom. The molecule has 0 aromatic carbocycles. The molecule has 1 aromatic rings. The van der Waals surface area contributed by atoms with Crippen LogP contribution in [0.1, 0.15) is 18.4 Å². The lowest BCUT2D eigenvalue weighted by Gasteiger charge is -2.38. The molecule has 3 rings (SSSR count). The molecule has 0 amide bonds. The van der Waals surface area contributed by atoms with Crippen molar-refractivity contribution in [1.29, 1.82) is 0 Å². The molecule has 0 unspecified atom stereocenters. The van der Waals surface area contributed by atoms with Gasteiger partial charge in [0.25, 0.3) is 0 Å². The Bertz CT molecular complexity index is 599. The zero-order valence-electron chi connectivity index (χ0n) is 14.0. The monoisotopic (exact) mass is 337 g/mol. The molecule has 1 N–H and O–H groups in total. The van der Waals surface area contributed by atoms with Gasteiger partial charge in [-0.2, -0.15) is 4.98 Å². The lowest BCUT2D eigenvalue weighted by Crippen LogP contribution is -2.43. The first kappa shape index (κ1) is 16.8. The topological polar surface area (TPSA) is 86.2 Å². The van der Waals surface area contributed by atoms with Crippen molar-refractivity contribution in [2.24, 2.45) is 0 Å². The minimum Gasteiger partial charge on any atom is -0.494 e. The van der Waals surface area contributed by atoms with Gasteiger partial charge in [0.1, 0.15) is 25.2 Å². The van der Waals surface area contributed by atoms with Crippen molar-refractivity contribution in [1.82, 2.24) is 14.9 Å². The molecule has 0 atom stereocenters. The predicted molar refractivity (Wildman–Crippen MR) is 84.7 cm³/mol. The predicted octanol–water partition coefficient (Wildman–Crippen LogP) is 0.665. The average Bonchev–Trinajstić information content (AvgIpc) is 2.64. The molecule has 1 aromatic heterocycles. The van der Waals surface area contributed by atoms with Gasteiger partial charge < -0.3 is 24.1 Å². The van der Waals surface area contributed by atoms with Gasteiger partial charge >= 0.3 is 6.01 Å². The Morgan fingerprint density at radius 3 is 2.67 bits per heavy atom. The van der Waals surface area contributed by atoms with Crippen LogP contribution in [0.25, 0.3) is 0 Å². The standard InChI is InChI=1S/C16H23N3O5/c1-21-14-13(9-17-15(18-14)22-2)16(20)3-5-19(6-4-16)10-12-11-23-7-8-24-12/h9,11,20H,3-8,10H2,1-2H3. The lowest BCUT2D eigenvalue weighted by molar-refractivity contribution is -0.0310. The molecule has 0 saturated carbocycles. The highest BCUT2D eigenvalue weighted by Crippen LogP contribution is 2.37. The van der Waals surface area contributed by atoms with Crippen molar-refractivity contribution in [2.45, 2.75) is 18.4 Å². The molecule has 2 aliphatic heterocycles. The van der Waals surface area contributed by atoms with Crippen LogP contribution in [0.4, 0.5) is 0 Å². The highest BCUT2D eigenvalue weighted by molar-refractivity contribution is 5.32. The number of ether oxygens (including phenoxy) is 4. The minimum absolute atomic E-state index is 0.220. The summed E-state index contributed by atoms with van der Waals surface area (Å²) in [5, 5.41) is 11.0. The molecule has 1 fully saturated rings. The van der Waals surface area contributed by atoms with E-state index in [2.05, 4.69) is 14.9 Å². The summed E-state index contributed by atoms with van der Waals surface area (Å²) in [7, 11) is 3.02. The molecule has 24 heavy (non-hydrogen) atoms. The summed E-state index contributed by atoms with van der Waals surface area (Å²) >= 11 is 0. The number of aliphatic hydroxyl groups is 1. The molecule has 0 bridgehead atoms. The minimum atomic E-state index is -1.01. The summed E-state index contributed by atoms with van der Waals surface area (Å²) in [6.45, 7) is 3.33. The Balaban J connectivity index is 1.67. The summed E-state index contributed by atoms with van der Waals surface area (Å²) in [6.07, 6.45) is 4.38. The lowest BCUT2D eigenvalue weighted by atomic mass is 9.85. The number of nitrogens with zero attached hydrogens (tertiary/aromatic N) is 3. The van der Waals surface area contributed by atoms with Crippen molar-refractivity contribution < 1.29 is 24.1 Å². The molecule has 2 aliphatic rings. The maximum absolute atomic E-state index is 11.0. The number of rotatable bonds is 5. The van der Waals surface area contributed by atoms with Crippen molar-refractivity contribution in [3.8, 4) is 11.9 Å². The normalized spacial score (nSPS) is 20.5. The summed E-state index contributed by atoms with van der Waals surface area (Å²) in [6, 6.07) is 0.220. The van der Waals surface area contributed by atoms with Crippen LogP contribution in [-0.4, -0.2) is 67.0 Å². The maximum atomic E-state index is 11.0. The van der Waals surface area contributed by atoms with Gasteiger partial charge in [-0.05, 0) is 12.8 Å². The smallest absolute Gasteiger partial charge is 0.319 e. The van der Waals surface area contributed by atoms with E-state index in [9.17, 15) is 5.11 Å². The van der Waals surface area contributed by atoms with Gasteiger partial charge in [0.05, 0.1) is 31.9 Å². The van der Waals surface area contributed by atoms with Crippen LogP contribution in [-0.2, 0) is 15.1 Å². The van der Waals surface area contributed by atoms with E-state index >= 15 is 0 Å². The first-order chi connectivity index (χ1) is 11.6. The summed E-state index contributed by atoms with van der Waals surface area (Å²) in [5.74, 6) is 1.18. The second-order valence-corrected chi connectivity index (χ2v) is 5.89. The summed E-state index contributed by atoms with van der Waals surface area (Å²) in [4.78, 5) is 10.5. The van der Waals surface area contributed by atoms with Gasteiger partial charge in [0, 0.05) is 19.3 Å². The van der Waals surface area contributed by atoms with Crippen molar-refractivity contribution in [2.75, 3.05) is 47.1 Å². The molecule has 0 spiro atoms. The third-order valence-electron chi connectivity index (χ3n) is 4.38. The van der Waals surface area contributed by atoms with E-state index in [1.165, 1.54) is 14.2 Å². The third kappa shape index (κ3) is 3.54. The van der Waals surface area contributed by atoms with E-state index in [4.69, 9.17) is 18.9 Å². The molecular formula is C16H23N3O5. The van der Waals surface area contributed by atoms with E-state index in [0.29, 0.717) is 44.0 Å². The van der Waals surface area contributed by atoms with Crippen molar-refractivity contribution in [3.63, 3.8) is 0 Å². The Hall–Kier alpha value is -2.06. The number of likely N-dealkylation sites (tertiary alicyclic amines) is 1. The largest absolute Gasteiger partial charge is 0.494 e. The maximum Gasteiger partial charge on any atom is 0.319 e. The highest BCUT2D eigenvalue weighted by Gasteiger charge is 2.37. The molecule has 8 heteroatoms. The zero-order chi connectivity index (χ0) is 17.0. The first-order valence-electron chi connectivity index (χ1n) is 7.98. The van der Waals surface area contributed by atoms with Crippen LogP contribution >= 0.6 is 0 Å². The zero-order valence-corrected chi connectivity index (χ0v) is 14.0. The second-order valence-electron chi connectivity index (χ2n) is 5.89. The second kappa shape index (κ2) is 7.23. The van der Waals surface area contributed by atoms with Crippen LogP contribution in [0, 0.1) is 0 Å². The Morgan fingerprint density at radius 1 is 1.25 bits per heavy atom. The number of methoxy groups -OCH3 is 2. The molecule has 3 heterocycles. The van der Waals surface area contributed by atoms with E-state index in [1.54, 1.807) is 12.5 Å². The Labute approximate surface area is 141 Å². The molecule has 1 saturated heterocycles. The Kier molecular flexibility index (Phi) is 5.06. The molecule has 0 aliphatic carbocycles. The first-order valence-corrected chi connectivity index (χ1v) is 7.98. The van der Waals surface area contributed by atoms with Gasteiger partial charge in [-0.1, -0.05) is 0 Å². The number of piperidine rings is 1. The number of hydrogen-bond acceptors (Lipinski definition) is 8. The van der Waals surface area contributed by atoms with Crippen LogP contribution < -0.4 is 9.47 Å². The van der Waals surface area contributed by atoms with E-state index in [1.807, 2.05) is 0 Å². The van der Waals surface area contributed by atoms with Gasteiger partial charge in [0.2, 0.25) is 5.88 Å². The van der Waals surface area contributed by atoms with Crippen LogP contribution in [0.2, 0.25) is 0 Å². The van der Waals surface area contributed by atoms with Gasteiger partial charge in [-0.3, -0.25) is 4.90 Å². The average molecular weight is 337 g/mol. The highest BCUT2D eigenvalue weighted by atomic mass is 16.6. The third-order valence-corrected chi connectivity index (χ3v) is 4.38. The molecule has 8 nitrogen and oxygen atoms in total. The van der Waals surface area contributed by atoms with Gasteiger partial charge in [0.15, 0.2) is 0 Å². The van der Waals surface area contributed by atoms with Crippen LogP contribution in [0.15, 0.2) is 18.2 Å². The quantitative estimate of drug-likeness (QED) is 0.839. The van der Waals surface area contributed by atoms with Crippen molar-refractivity contribution >= 4 is 0 Å².